The molecular formula is C25H20Cl3N7O2. The fraction of sp³-hybridized carbons (Fsp3) is 0.240. The van der Waals surface area contributed by atoms with Crippen LogP contribution in [0.2, 0.25) is 15.2 Å². The van der Waals surface area contributed by atoms with Crippen LogP contribution in [0.25, 0.3) is 33.3 Å². The summed E-state index contributed by atoms with van der Waals surface area (Å²) in [4.78, 5) is 43.3. The number of aromatic nitrogens is 6. The highest BCUT2D eigenvalue weighted by Crippen LogP contribution is 2.39. The van der Waals surface area contributed by atoms with E-state index in [0.717, 1.165) is 5.52 Å². The van der Waals surface area contributed by atoms with Crippen molar-refractivity contribution in [1.82, 2.24) is 34.0 Å². The highest BCUT2D eigenvalue weighted by atomic mass is 35.5. The zero-order valence-electron chi connectivity index (χ0n) is 19.4. The minimum Gasteiger partial charge on any atom is -0.341 e. The summed E-state index contributed by atoms with van der Waals surface area (Å²) in [6, 6.07) is 9.03. The normalized spacial score (nSPS) is 14.6. The van der Waals surface area contributed by atoms with E-state index in [9.17, 15) is 9.59 Å². The van der Waals surface area contributed by atoms with Gasteiger partial charge in [-0.15, -0.1) is 0 Å². The number of aromatic amines is 1. The molecule has 12 heteroatoms. The average molecular weight is 557 g/mol. The van der Waals surface area contributed by atoms with Crippen molar-refractivity contribution in [2.75, 3.05) is 13.1 Å². The van der Waals surface area contributed by atoms with Crippen LogP contribution in [0.5, 0.6) is 0 Å². The van der Waals surface area contributed by atoms with Crippen molar-refractivity contribution in [3.05, 3.63) is 74.7 Å². The summed E-state index contributed by atoms with van der Waals surface area (Å²) in [7, 11) is 0. The number of fused-ring (bicyclic) bond motifs is 2. The molecule has 1 amide bonds. The summed E-state index contributed by atoms with van der Waals surface area (Å²) in [6.45, 7) is 1.14. The van der Waals surface area contributed by atoms with Gasteiger partial charge in [0.2, 0.25) is 5.91 Å². The summed E-state index contributed by atoms with van der Waals surface area (Å²) in [5.74, 6) is -0.0539. The minimum atomic E-state index is -0.180. The van der Waals surface area contributed by atoms with E-state index < -0.39 is 0 Å². The quantitative estimate of drug-likeness (QED) is 0.315. The summed E-state index contributed by atoms with van der Waals surface area (Å²) in [6.07, 6.45) is 6.16. The monoisotopic (exact) mass is 555 g/mol. The van der Waals surface area contributed by atoms with Crippen molar-refractivity contribution in [3.63, 3.8) is 0 Å². The molecule has 0 unspecified atom stereocenters. The summed E-state index contributed by atoms with van der Waals surface area (Å²) in [5.41, 5.74) is 3.09. The zero-order chi connectivity index (χ0) is 25.7. The molecular weight excluding hydrogens is 537 g/mol. The number of carbonyl (C=O) groups is 1. The van der Waals surface area contributed by atoms with E-state index in [4.69, 9.17) is 34.8 Å². The third kappa shape index (κ3) is 4.17. The van der Waals surface area contributed by atoms with E-state index in [0.29, 0.717) is 63.8 Å². The Morgan fingerprint density at radius 2 is 1.84 bits per heavy atom. The van der Waals surface area contributed by atoms with Crippen LogP contribution >= 0.6 is 34.8 Å². The number of piperidine rings is 1. The fourth-order valence-electron chi connectivity index (χ4n) is 5.06. The molecule has 9 nitrogen and oxygen atoms in total. The standard InChI is InChI=1S/C25H20Cl3N7O2/c26-17-4-1-3-15(21(17)27)16-11-34(24-20(16)22(28)30-13-31-24)12-19(36)33-9-6-14(7-10-33)35-18-5-2-8-29-23(18)32-25(35)37/h1-5,8,11,13-14H,6-7,9-10,12H2,(H,29,32,37). The molecule has 1 N–H and O–H groups in total. The van der Waals surface area contributed by atoms with Gasteiger partial charge in [0.1, 0.15) is 23.7 Å². The van der Waals surface area contributed by atoms with Crippen LogP contribution in [-0.2, 0) is 11.3 Å². The predicted molar refractivity (Wildman–Crippen MR) is 143 cm³/mol. The third-order valence-electron chi connectivity index (χ3n) is 6.83. The van der Waals surface area contributed by atoms with Crippen molar-refractivity contribution >= 4 is 62.9 Å². The number of likely N-dealkylation sites (tertiary alicyclic amines) is 1. The van der Waals surface area contributed by atoms with E-state index in [-0.39, 0.29) is 29.3 Å². The predicted octanol–water partition coefficient (Wildman–Crippen LogP) is 4.96. The van der Waals surface area contributed by atoms with Gasteiger partial charge in [0, 0.05) is 42.7 Å². The molecule has 4 aromatic heterocycles. The Hall–Kier alpha value is -3.40. The first-order chi connectivity index (χ1) is 17.9. The molecule has 1 saturated heterocycles. The number of carbonyl (C=O) groups excluding carboxylic acids is 1. The van der Waals surface area contributed by atoms with Crippen LogP contribution < -0.4 is 5.69 Å². The molecule has 0 saturated carbocycles. The Bertz CT molecular complexity index is 1720. The van der Waals surface area contributed by atoms with Gasteiger partial charge in [-0.25, -0.2) is 19.7 Å². The number of imidazole rings is 1. The smallest absolute Gasteiger partial charge is 0.327 e. The number of hydrogen-bond donors (Lipinski definition) is 1. The maximum atomic E-state index is 13.3. The molecule has 0 aliphatic carbocycles. The fourth-order valence-corrected chi connectivity index (χ4v) is 5.70. The molecule has 188 valence electrons. The second kappa shape index (κ2) is 9.48. The van der Waals surface area contributed by atoms with E-state index in [1.54, 1.807) is 27.5 Å². The number of halogens is 3. The lowest BCUT2D eigenvalue weighted by Crippen LogP contribution is -2.41. The average Bonchev–Trinajstić information content (AvgIpc) is 3.43. The Balaban J connectivity index is 1.25. The summed E-state index contributed by atoms with van der Waals surface area (Å²) < 4.78 is 3.52. The Morgan fingerprint density at radius 1 is 1.03 bits per heavy atom. The van der Waals surface area contributed by atoms with Crippen LogP contribution in [0.15, 0.2) is 53.8 Å². The zero-order valence-corrected chi connectivity index (χ0v) is 21.6. The molecule has 0 spiro atoms. The van der Waals surface area contributed by atoms with Gasteiger partial charge in [0.25, 0.3) is 0 Å². The van der Waals surface area contributed by atoms with Crippen LogP contribution in [0.1, 0.15) is 18.9 Å². The van der Waals surface area contributed by atoms with Crippen molar-refractivity contribution < 1.29 is 4.79 Å². The molecule has 37 heavy (non-hydrogen) atoms. The summed E-state index contributed by atoms with van der Waals surface area (Å²) >= 11 is 19.2. The van der Waals surface area contributed by atoms with Crippen molar-refractivity contribution in [3.8, 4) is 11.1 Å². The number of amides is 1. The Kier molecular flexibility index (Phi) is 6.14. The molecule has 1 aliphatic rings. The van der Waals surface area contributed by atoms with Crippen LogP contribution in [0.4, 0.5) is 0 Å². The molecule has 5 heterocycles. The van der Waals surface area contributed by atoms with Gasteiger partial charge < -0.3 is 9.47 Å². The largest absolute Gasteiger partial charge is 0.341 e. The third-order valence-corrected chi connectivity index (χ3v) is 7.93. The first-order valence-electron chi connectivity index (χ1n) is 11.7. The van der Waals surface area contributed by atoms with Gasteiger partial charge in [0.15, 0.2) is 5.65 Å². The van der Waals surface area contributed by atoms with Gasteiger partial charge in [-0.3, -0.25) is 14.3 Å². The molecule has 1 aliphatic heterocycles. The maximum absolute atomic E-state index is 13.3. The number of rotatable bonds is 4. The minimum absolute atomic E-state index is 0.00923. The number of H-pyrrole nitrogens is 1. The number of nitrogens with one attached hydrogen (secondary N) is 1. The van der Waals surface area contributed by atoms with Crippen LogP contribution in [-0.4, -0.2) is 53.0 Å². The second-order valence-electron chi connectivity index (χ2n) is 8.92. The molecule has 0 radical (unpaired) electrons. The van der Waals surface area contributed by atoms with Gasteiger partial charge >= 0.3 is 5.69 Å². The Morgan fingerprint density at radius 3 is 2.65 bits per heavy atom. The molecule has 0 atom stereocenters. The molecule has 6 rings (SSSR count). The van der Waals surface area contributed by atoms with Gasteiger partial charge in [-0.1, -0.05) is 46.9 Å². The highest BCUT2D eigenvalue weighted by molar-refractivity contribution is 6.44. The first kappa shape index (κ1) is 24.0. The number of pyridine rings is 1. The lowest BCUT2D eigenvalue weighted by atomic mass is 10.0. The van der Waals surface area contributed by atoms with E-state index in [2.05, 4.69) is 19.9 Å². The van der Waals surface area contributed by atoms with Crippen LogP contribution in [0.3, 0.4) is 0 Å². The SMILES string of the molecule is O=C(Cn1cc(-c2cccc(Cl)c2Cl)c2c(Cl)ncnc21)N1CCC(n2c(=O)[nH]c3ncccc32)CC1. The lowest BCUT2D eigenvalue weighted by molar-refractivity contribution is -0.133. The molecule has 0 bridgehead atoms. The topological polar surface area (TPSA) is 102 Å². The first-order valence-corrected chi connectivity index (χ1v) is 12.8. The van der Waals surface area contributed by atoms with Crippen molar-refractivity contribution in [2.24, 2.45) is 0 Å². The molecule has 1 aromatic carbocycles. The van der Waals surface area contributed by atoms with Gasteiger partial charge in [0.05, 0.1) is 20.9 Å². The highest BCUT2D eigenvalue weighted by Gasteiger charge is 2.27. The van der Waals surface area contributed by atoms with Crippen molar-refractivity contribution in [1.29, 1.82) is 0 Å². The van der Waals surface area contributed by atoms with Gasteiger partial charge in [-0.05, 0) is 31.0 Å². The molecule has 1 fully saturated rings. The van der Waals surface area contributed by atoms with Crippen LogP contribution in [0, 0.1) is 0 Å². The maximum Gasteiger partial charge on any atom is 0.327 e. The summed E-state index contributed by atoms with van der Waals surface area (Å²) in [5, 5.41) is 1.67. The van der Waals surface area contributed by atoms with E-state index in [1.807, 2.05) is 29.3 Å². The Labute approximate surface area is 225 Å². The second-order valence-corrected chi connectivity index (χ2v) is 10.1. The number of hydrogen-bond acceptors (Lipinski definition) is 5. The van der Waals surface area contributed by atoms with Crippen molar-refractivity contribution in [2.45, 2.75) is 25.4 Å². The van der Waals surface area contributed by atoms with E-state index >= 15 is 0 Å². The molecule has 5 aromatic rings. The number of nitrogens with zero attached hydrogens (tertiary/aromatic N) is 6. The van der Waals surface area contributed by atoms with Gasteiger partial charge in [-0.2, -0.15) is 0 Å². The number of benzene rings is 1. The lowest BCUT2D eigenvalue weighted by Gasteiger charge is -2.32. The van der Waals surface area contributed by atoms with E-state index in [1.165, 1.54) is 6.33 Å².